The van der Waals surface area contributed by atoms with Gasteiger partial charge in [0, 0.05) is 6.07 Å². The first-order valence-corrected chi connectivity index (χ1v) is 4.69. The monoisotopic (exact) mass is 208 g/mol. The first-order chi connectivity index (χ1) is 7.31. The molecule has 0 spiro atoms. The first kappa shape index (κ1) is 11.1. The van der Waals surface area contributed by atoms with Crippen LogP contribution >= 0.6 is 0 Å². The molecule has 0 unspecified atom stereocenters. The highest BCUT2D eigenvalue weighted by molar-refractivity contribution is 5.70. The third-order valence-electron chi connectivity index (χ3n) is 1.68. The summed E-state index contributed by atoms with van der Waals surface area (Å²) in [6, 6.07) is 6.97. The van der Waals surface area contributed by atoms with Crippen molar-refractivity contribution < 1.29 is 4.54 Å². The molecule has 0 fully saturated rings. The van der Waals surface area contributed by atoms with Gasteiger partial charge in [0.1, 0.15) is 5.52 Å². The Bertz CT molecular complexity index is 493. The highest BCUT2D eigenvalue weighted by atomic mass is 16.3. The molecule has 2 rings (SSSR count). The van der Waals surface area contributed by atoms with E-state index in [1.807, 2.05) is 13.8 Å². The van der Waals surface area contributed by atoms with Crippen molar-refractivity contribution in [2.45, 2.75) is 13.8 Å². The van der Waals surface area contributed by atoms with Crippen LogP contribution in [0.25, 0.3) is 11.0 Å². The molecule has 0 aliphatic heterocycles. The number of nitrogen functional groups attached to an aromatic ring is 1. The predicted octanol–water partition coefficient (Wildman–Crippen LogP) is 0.789. The Morgan fingerprint density at radius 2 is 2.07 bits per heavy atom. The average molecular weight is 208 g/mol. The molecule has 0 aliphatic carbocycles. The van der Waals surface area contributed by atoms with Gasteiger partial charge in [-0.15, -0.1) is 0 Å². The molecule has 0 saturated heterocycles. The molecule has 0 amide bonds. The van der Waals surface area contributed by atoms with E-state index in [9.17, 15) is 4.91 Å². The lowest BCUT2D eigenvalue weighted by Gasteiger charge is -1.93. The van der Waals surface area contributed by atoms with Gasteiger partial charge >= 0.3 is 5.52 Å². The van der Waals surface area contributed by atoms with Crippen molar-refractivity contribution in [2.75, 3.05) is 5.43 Å². The standard InChI is InChI=1S/C7H8N5O.C2H6/c8-10-7-9-5-3-1-2-4-6(5)12(13)11-7;1-2/h1-4H,8H2,(H2,9,10,11,13);1-2H3/q+1;. The third kappa shape index (κ3) is 2.29. The zero-order valence-electron chi connectivity index (χ0n) is 8.69. The predicted molar refractivity (Wildman–Crippen MR) is 58.6 cm³/mol. The molecule has 0 aliphatic rings. The summed E-state index contributed by atoms with van der Waals surface area (Å²) in [5.41, 5.74) is 3.33. The van der Waals surface area contributed by atoms with E-state index in [4.69, 9.17) is 5.84 Å². The van der Waals surface area contributed by atoms with E-state index < -0.39 is 0 Å². The number of fused-ring (bicyclic) bond motifs is 1. The van der Waals surface area contributed by atoms with Gasteiger partial charge in [0.05, 0.1) is 4.91 Å². The molecule has 0 atom stereocenters. The van der Waals surface area contributed by atoms with Gasteiger partial charge in [-0.3, -0.25) is 5.43 Å². The van der Waals surface area contributed by atoms with Gasteiger partial charge in [-0.05, 0) is 6.07 Å². The molecule has 80 valence electrons. The molecule has 2 aromatic rings. The molecule has 0 saturated carbocycles. The summed E-state index contributed by atoms with van der Waals surface area (Å²) in [4.78, 5) is 15.3. The van der Waals surface area contributed by atoms with Gasteiger partial charge in [-0.1, -0.05) is 31.1 Å². The van der Waals surface area contributed by atoms with Gasteiger partial charge in [0.15, 0.2) is 4.54 Å². The average Bonchev–Trinajstić information content (AvgIpc) is 2.31. The number of nitrogens with zero attached hydrogens (tertiary/aromatic N) is 2. The lowest BCUT2D eigenvalue weighted by molar-refractivity contribution is -0.535. The number of anilines is 1. The van der Waals surface area contributed by atoms with E-state index in [0.717, 1.165) is 0 Å². The number of aromatic amines is 1. The smallest absolute Gasteiger partial charge is 0.290 e. The van der Waals surface area contributed by atoms with E-state index in [2.05, 4.69) is 15.5 Å². The number of rotatable bonds is 1. The lowest BCUT2D eigenvalue weighted by atomic mass is 10.3. The maximum atomic E-state index is 11.3. The Hall–Kier alpha value is -1.95. The normalized spacial score (nSPS) is 9.27. The maximum Gasteiger partial charge on any atom is 0.317 e. The molecule has 6 nitrogen and oxygen atoms in total. The highest BCUT2D eigenvalue weighted by Crippen LogP contribution is 2.05. The third-order valence-corrected chi connectivity index (χ3v) is 1.68. The van der Waals surface area contributed by atoms with Crippen molar-refractivity contribution in [1.29, 1.82) is 0 Å². The van der Waals surface area contributed by atoms with Crippen LogP contribution < -0.4 is 15.8 Å². The number of hydrogen-bond donors (Lipinski definition) is 3. The van der Waals surface area contributed by atoms with Crippen LogP contribution in [0.4, 0.5) is 5.95 Å². The second kappa shape index (κ2) is 5.06. The molecule has 1 aromatic heterocycles. The highest BCUT2D eigenvalue weighted by Gasteiger charge is 2.08. The zero-order valence-corrected chi connectivity index (χ0v) is 8.69. The van der Waals surface area contributed by atoms with Crippen LogP contribution in [0.5, 0.6) is 0 Å². The minimum absolute atomic E-state index is 0.230. The number of H-pyrrole nitrogens is 1. The lowest BCUT2D eigenvalue weighted by Crippen LogP contribution is -2.25. The molecule has 1 heterocycles. The second-order valence-electron chi connectivity index (χ2n) is 2.50. The molecule has 1 aromatic carbocycles. The molecule has 15 heavy (non-hydrogen) atoms. The van der Waals surface area contributed by atoms with Crippen LogP contribution in [-0.2, 0) is 0 Å². The van der Waals surface area contributed by atoms with Gasteiger partial charge in [-0.2, -0.15) is 0 Å². The van der Waals surface area contributed by atoms with Crippen molar-refractivity contribution in [2.24, 2.45) is 5.84 Å². The zero-order chi connectivity index (χ0) is 11.3. The Balaban J connectivity index is 0.000000531. The summed E-state index contributed by atoms with van der Waals surface area (Å²) >= 11 is 0. The molecular formula is C9H14N5O+. The summed E-state index contributed by atoms with van der Waals surface area (Å²) in [7, 11) is 0. The van der Waals surface area contributed by atoms with Crippen LogP contribution in [0.2, 0.25) is 0 Å². The van der Waals surface area contributed by atoms with Gasteiger partial charge < -0.3 is 0 Å². The van der Waals surface area contributed by atoms with Gasteiger partial charge in [-0.25, -0.2) is 10.8 Å². The Morgan fingerprint density at radius 1 is 1.40 bits per heavy atom. The van der Waals surface area contributed by atoms with E-state index in [0.29, 0.717) is 15.6 Å². The number of benzene rings is 1. The molecule has 4 N–H and O–H groups in total. The number of aromatic nitrogens is 3. The first-order valence-electron chi connectivity index (χ1n) is 4.69. The number of nitrogens with two attached hydrogens (primary N) is 1. The largest absolute Gasteiger partial charge is 0.317 e. The van der Waals surface area contributed by atoms with Crippen molar-refractivity contribution in [1.82, 2.24) is 10.1 Å². The Morgan fingerprint density at radius 3 is 2.73 bits per heavy atom. The SMILES string of the molecule is CC.NNc1nc2ccccc2[n+](=O)[nH]1. The minimum atomic E-state index is 0.230. The fraction of sp³-hybridized carbons (Fsp3) is 0.222. The topological polar surface area (TPSA) is 89.7 Å². The van der Waals surface area contributed by atoms with Crippen molar-refractivity contribution in [3.8, 4) is 0 Å². The number of nitrogens with one attached hydrogen (secondary N) is 2. The van der Waals surface area contributed by atoms with E-state index in [1.165, 1.54) is 0 Å². The van der Waals surface area contributed by atoms with E-state index in [1.54, 1.807) is 24.3 Å². The molecule has 0 bridgehead atoms. The summed E-state index contributed by atoms with van der Waals surface area (Å²) in [5.74, 6) is 5.34. The quantitative estimate of drug-likeness (QED) is 0.367. The summed E-state index contributed by atoms with van der Waals surface area (Å²) in [6.45, 7) is 4.00. The number of para-hydroxylation sites is 2. The summed E-state index contributed by atoms with van der Waals surface area (Å²) in [5, 5.41) is 2.41. The summed E-state index contributed by atoms with van der Waals surface area (Å²) in [6.07, 6.45) is 0. The fourth-order valence-corrected chi connectivity index (χ4v) is 1.10. The fourth-order valence-electron chi connectivity index (χ4n) is 1.10. The van der Waals surface area contributed by atoms with Crippen LogP contribution in [0.1, 0.15) is 13.8 Å². The van der Waals surface area contributed by atoms with Crippen LogP contribution in [0.3, 0.4) is 0 Å². The number of hydrazine groups is 1. The van der Waals surface area contributed by atoms with Crippen LogP contribution in [-0.4, -0.2) is 10.1 Å². The number of hydrogen-bond acceptors (Lipinski definition) is 4. The van der Waals surface area contributed by atoms with Crippen LogP contribution in [0, 0.1) is 4.91 Å². The van der Waals surface area contributed by atoms with Crippen LogP contribution in [0.15, 0.2) is 24.3 Å². The van der Waals surface area contributed by atoms with Crippen molar-refractivity contribution in [3.05, 3.63) is 29.2 Å². The summed E-state index contributed by atoms with van der Waals surface area (Å²) < 4.78 is 0.609. The Kier molecular flexibility index (Phi) is 3.75. The Labute approximate surface area is 86.7 Å². The van der Waals surface area contributed by atoms with Crippen molar-refractivity contribution >= 4 is 17.0 Å². The van der Waals surface area contributed by atoms with Crippen molar-refractivity contribution in [3.63, 3.8) is 0 Å². The molecular weight excluding hydrogens is 194 g/mol. The van der Waals surface area contributed by atoms with Gasteiger partial charge in [0.2, 0.25) is 0 Å². The van der Waals surface area contributed by atoms with E-state index >= 15 is 0 Å². The van der Waals surface area contributed by atoms with Gasteiger partial charge in [0.25, 0.3) is 5.95 Å². The van der Waals surface area contributed by atoms with E-state index in [-0.39, 0.29) is 5.95 Å². The molecule has 6 heteroatoms. The second-order valence-corrected chi connectivity index (χ2v) is 2.50. The molecule has 0 radical (unpaired) electrons. The maximum absolute atomic E-state index is 11.3. The minimum Gasteiger partial charge on any atom is -0.290 e.